The molecule has 1 fully saturated rings. The molecular weight excluding hydrogens is 544 g/mol. The number of rotatable bonds is 11. The third kappa shape index (κ3) is 7.06. The van der Waals surface area contributed by atoms with Crippen molar-refractivity contribution in [3.63, 3.8) is 0 Å². The van der Waals surface area contributed by atoms with Crippen LogP contribution in [0, 0.1) is 19.3 Å². The maximum atomic E-state index is 13.0. The van der Waals surface area contributed by atoms with Crippen LogP contribution in [0.3, 0.4) is 0 Å². The highest BCUT2D eigenvalue weighted by Crippen LogP contribution is 2.41. The average Bonchev–Trinajstić information content (AvgIpc) is 3.43. The molecule has 8 heteroatoms. The summed E-state index contributed by atoms with van der Waals surface area (Å²) >= 11 is 1.55. The van der Waals surface area contributed by atoms with Crippen LogP contribution in [-0.2, 0) is 6.54 Å². The number of anilines is 1. The number of nitrogens with zero attached hydrogens (tertiary/aromatic N) is 2. The number of carbonyl (C=O) groups is 2. The van der Waals surface area contributed by atoms with Gasteiger partial charge in [-0.2, -0.15) is 0 Å². The minimum absolute atomic E-state index is 0.197. The van der Waals surface area contributed by atoms with E-state index >= 15 is 0 Å². The van der Waals surface area contributed by atoms with Crippen molar-refractivity contribution in [1.82, 2.24) is 15.2 Å². The van der Waals surface area contributed by atoms with Crippen LogP contribution >= 0.6 is 11.3 Å². The minimum atomic E-state index is -0.212. The lowest BCUT2D eigenvalue weighted by atomic mass is 9.69. The Morgan fingerprint density at radius 3 is 2.43 bits per heavy atom. The van der Waals surface area contributed by atoms with E-state index in [1.807, 2.05) is 62.4 Å². The van der Waals surface area contributed by atoms with Crippen LogP contribution in [0.1, 0.15) is 56.0 Å². The van der Waals surface area contributed by atoms with Crippen molar-refractivity contribution in [2.24, 2.45) is 5.41 Å². The second-order valence-electron chi connectivity index (χ2n) is 11.5. The number of nitrogens with one attached hydrogen (secondary N) is 2. The van der Waals surface area contributed by atoms with Gasteiger partial charge in [-0.15, -0.1) is 11.3 Å². The van der Waals surface area contributed by atoms with Crippen molar-refractivity contribution < 1.29 is 14.3 Å². The Kier molecular flexibility index (Phi) is 9.04. The molecule has 1 aliphatic carbocycles. The first-order chi connectivity index (χ1) is 20.2. The van der Waals surface area contributed by atoms with Gasteiger partial charge in [0.2, 0.25) is 0 Å². The summed E-state index contributed by atoms with van der Waals surface area (Å²) in [5.74, 6) is 0.467. The van der Waals surface area contributed by atoms with E-state index in [0.29, 0.717) is 23.4 Å². The van der Waals surface area contributed by atoms with Crippen LogP contribution in [0.25, 0.3) is 10.6 Å². The van der Waals surface area contributed by atoms with Gasteiger partial charge in [-0.25, -0.2) is 4.98 Å². The van der Waals surface area contributed by atoms with E-state index in [1.165, 1.54) is 19.3 Å². The second kappa shape index (κ2) is 12.9. The highest BCUT2D eigenvalue weighted by atomic mass is 32.1. The average molecular weight is 583 g/mol. The van der Waals surface area contributed by atoms with E-state index in [4.69, 9.17) is 4.74 Å². The molecule has 0 aliphatic heterocycles. The van der Waals surface area contributed by atoms with Crippen molar-refractivity contribution in [3.05, 3.63) is 100 Å². The summed E-state index contributed by atoms with van der Waals surface area (Å²) in [4.78, 5) is 33.6. The summed E-state index contributed by atoms with van der Waals surface area (Å²) in [6.07, 6.45) is 5.52. The zero-order valence-electron chi connectivity index (χ0n) is 24.7. The van der Waals surface area contributed by atoms with Gasteiger partial charge in [0.05, 0.1) is 13.2 Å². The Hall–Kier alpha value is -4.01. The number of benzene rings is 3. The molecule has 1 saturated carbocycles. The first-order valence-corrected chi connectivity index (χ1v) is 15.1. The van der Waals surface area contributed by atoms with E-state index in [9.17, 15) is 9.59 Å². The van der Waals surface area contributed by atoms with Crippen molar-refractivity contribution in [3.8, 4) is 16.3 Å². The van der Waals surface area contributed by atoms with E-state index in [0.717, 1.165) is 45.5 Å². The van der Waals surface area contributed by atoms with Crippen molar-refractivity contribution in [2.75, 3.05) is 32.6 Å². The van der Waals surface area contributed by atoms with Crippen LogP contribution in [0.4, 0.5) is 5.69 Å². The third-order valence-corrected chi connectivity index (χ3v) is 8.87. The lowest BCUT2D eigenvalue weighted by molar-refractivity contribution is 0.0315. The third-order valence-electron chi connectivity index (χ3n) is 7.83. The summed E-state index contributed by atoms with van der Waals surface area (Å²) < 4.78 is 6.17. The first-order valence-electron chi connectivity index (χ1n) is 14.3. The Bertz CT molecular complexity index is 1560. The zero-order chi connectivity index (χ0) is 29.7. The monoisotopic (exact) mass is 582 g/mol. The molecule has 0 unspecified atom stereocenters. The molecule has 2 amide bonds. The maximum Gasteiger partial charge on any atom is 0.255 e. The molecule has 0 bridgehead atoms. The van der Waals surface area contributed by atoms with Gasteiger partial charge in [0.15, 0.2) is 0 Å². The fourth-order valence-corrected chi connectivity index (χ4v) is 6.19. The highest BCUT2D eigenvalue weighted by Gasteiger charge is 2.38. The molecule has 0 spiro atoms. The van der Waals surface area contributed by atoms with Crippen LogP contribution < -0.4 is 15.4 Å². The smallest absolute Gasteiger partial charge is 0.255 e. The number of aromatic nitrogens is 1. The van der Waals surface area contributed by atoms with Crippen LogP contribution in [0.2, 0.25) is 0 Å². The fraction of sp³-hybridized carbons (Fsp3) is 0.324. The largest absolute Gasteiger partial charge is 0.493 e. The summed E-state index contributed by atoms with van der Waals surface area (Å²) in [6.45, 7) is 5.97. The van der Waals surface area contributed by atoms with E-state index in [1.54, 1.807) is 35.7 Å². The number of thiazole rings is 1. The molecule has 1 aliphatic rings. The van der Waals surface area contributed by atoms with Gasteiger partial charge in [-0.05, 0) is 94.4 Å². The number of hydrogen-bond acceptors (Lipinski definition) is 6. The number of amides is 2. The molecule has 0 atom stereocenters. The van der Waals surface area contributed by atoms with Gasteiger partial charge in [-0.3, -0.25) is 9.59 Å². The van der Waals surface area contributed by atoms with Crippen molar-refractivity contribution in [1.29, 1.82) is 0 Å². The Labute approximate surface area is 251 Å². The van der Waals surface area contributed by atoms with Crippen molar-refractivity contribution >= 4 is 28.8 Å². The molecule has 4 aromatic rings. The van der Waals surface area contributed by atoms with Crippen LogP contribution in [0.15, 0.2) is 72.9 Å². The van der Waals surface area contributed by atoms with E-state index < -0.39 is 0 Å². The Balaban J connectivity index is 1.16. The predicted molar refractivity (Wildman–Crippen MR) is 169 cm³/mol. The van der Waals surface area contributed by atoms with Crippen LogP contribution in [-0.4, -0.2) is 48.9 Å². The summed E-state index contributed by atoms with van der Waals surface area (Å²) in [5.41, 5.74) is 4.77. The zero-order valence-corrected chi connectivity index (χ0v) is 25.5. The summed E-state index contributed by atoms with van der Waals surface area (Å²) in [6, 6.07) is 20.8. The molecule has 3 aromatic carbocycles. The van der Waals surface area contributed by atoms with Gasteiger partial charge >= 0.3 is 0 Å². The first kappa shape index (κ1) is 29.5. The molecule has 2 N–H and O–H groups in total. The standard InChI is InChI=1S/C34H38N4O3S/c1-23-8-5-6-9-29(23)32(40)37-30-18-26(11-10-24(30)2)31(39)35-19-28-20-36-33(42-28)25-12-14-27(15-13-25)41-22-34(16-7-17-34)21-38(3)4/h5-6,8-15,18,20H,7,16-17,19,21-22H2,1-4H3,(H,35,39)(H,37,40). The maximum absolute atomic E-state index is 13.0. The molecule has 0 radical (unpaired) electrons. The fourth-order valence-electron chi connectivity index (χ4n) is 5.33. The molecule has 1 aromatic heterocycles. The normalized spacial score (nSPS) is 13.8. The topological polar surface area (TPSA) is 83.6 Å². The molecule has 0 saturated heterocycles. The predicted octanol–water partition coefficient (Wildman–Crippen LogP) is 6.72. The number of carbonyl (C=O) groups excluding carboxylic acids is 2. The highest BCUT2D eigenvalue weighted by molar-refractivity contribution is 7.15. The van der Waals surface area contributed by atoms with Gasteiger partial charge in [0.25, 0.3) is 11.8 Å². The Morgan fingerprint density at radius 2 is 1.74 bits per heavy atom. The van der Waals surface area contributed by atoms with E-state index in [2.05, 4.69) is 34.6 Å². The molecule has 1 heterocycles. The number of hydrogen-bond donors (Lipinski definition) is 2. The molecule has 7 nitrogen and oxygen atoms in total. The Morgan fingerprint density at radius 1 is 0.976 bits per heavy atom. The van der Waals surface area contributed by atoms with Gasteiger partial charge in [-0.1, -0.05) is 30.7 Å². The van der Waals surface area contributed by atoms with Crippen LogP contribution in [0.5, 0.6) is 5.75 Å². The minimum Gasteiger partial charge on any atom is -0.493 e. The molecule has 42 heavy (non-hydrogen) atoms. The number of aryl methyl sites for hydroxylation is 2. The molecule has 218 valence electrons. The summed E-state index contributed by atoms with van der Waals surface area (Å²) in [7, 11) is 4.24. The van der Waals surface area contributed by atoms with Gasteiger partial charge < -0.3 is 20.3 Å². The SMILES string of the molecule is Cc1ccc(C(=O)NCc2cnc(-c3ccc(OCC4(CN(C)C)CCC4)cc3)s2)cc1NC(=O)c1ccccc1C. The van der Waals surface area contributed by atoms with E-state index in [-0.39, 0.29) is 17.2 Å². The van der Waals surface area contributed by atoms with Crippen molar-refractivity contribution in [2.45, 2.75) is 39.7 Å². The van der Waals surface area contributed by atoms with Gasteiger partial charge in [0.1, 0.15) is 10.8 Å². The lowest BCUT2D eigenvalue weighted by Gasteiger charge is -2.43. The summed E-state index contributed by atoms with van der Waals surface area (Å²) in [5, 5.41) is 6.83. The molecular formula is C34H38N4O3S. The number of ether oxygens (including phenoxy) is 1. The quantitative estimate of drug-likeness (QED) is 0.205. The van der Waals surface area contributed by atoms with Gasteiger partial charge in [0, 0.05) is 45.4 Å². The lowest BCUT2D eigenvalue weighted by Crippen LogP contribution is -2.44. The second-order valence-corrected chi connectivity index (χ2v) is 12.6. The molecule has 5 rings (SSSR count).